The Balaban J connectivity index is 1.91. The van der Waals surface area contributed by atoms with Crippen LogP contribution in [0.3, 0.4) is 0 Å². The fraction of sp³-hybridized carbons (Fsp3) is 0.562. The molecule has 0 spiro atoms. The average Bonchev–Trinajstić information content (AvgIpc) is 3.33. The summed E-state index contributed by atoms with van der Waals surface area (Å²) in [6, 6.07) is 5.79. The van der Waals surface area contributed by atoms with Gasteiger partial charge < -0.3 is 10.2 Å². The third-order valence-electron chi connectivity index (χ3n) is 4.98. The predicted molar refractivity (Wildman–Crippen MR) is 88.2 cm³/mol. The smallest absolute Gasteiger partial charge is 0.313 e. The largest absolute Gasteiger partial charge is 0.481 e. The Morgan fingerprint density at radius 1 is 1.25 bits per heavy atom. The van der Waals surface area contributed by atoms with Gasteiger partial charge in [0.05, 0.1) is 11.0 Å². The Bertz CT molecular complexity index is 731. The zero-order valence-corrected chi connectivity index (χ0v) is 14.6. The molecule has 1 aromatic carbocycles. The molecule has 1 aliphatic heterocycles. The van der Waals surface area contributed by atoms with Gasteiger partial charge in [-0.25, -0.2) is 8.42 Å². The minimum atomic E-state index is -3.82. The van der Waals surface area contributed by atoms with Crippen LogP contribution in [0.2, 0.25) is 5.02 Å². The Hall–Kier alpha value is -1.15. The third kappa shape index (κ3) is 3.18. The van der Waals surface area contributed by atoms with Crippen LogP contribution in [0, 0.1) is 11.3 Å². The molecule has 1 aromatic rings. The van der Waals surface area contributed by atoms with E-state index in [2.05, 4.69) is 0 Å². The molecule has 0 unspecified atom stereocenters. The van der Waals surface area contributed by atoms with Crippen LogP contribution in [-0.4, -0.2) is 48.1 Å². The van der Waals surface area contributed by atoms with Crippen molar-refractivity contribution in [3.8, 4) is 0 Å². The lowest BCUT2D eigenvalue weighted by molar-refractivity contribution is -0.162. The van der Waals surface area contributed by atoms with Gasteiger partial charge in [0.2, 0.25) is 10.0 Å². The van der Waals surface area contributed by atoms with E-state index in [9.17, 15) is 23.4 Å². The highest BCUT2D eigenvalue weighted by molar-refractivity contribution is 7.89. The number of nitrogens with zero attached hydrogens (tertiary/aromatic N) is 1. The normalized spacial score (nSPS) is 28.7. The summed E-state index contributed by atoms with van der Waals surface area (Å²) in [7, 11) is -3.82. The highest BCUT2D eigenvalue weighted by Crippen LogP contribution is 2.45. The van der Waals surface area contributed by atoms with Crippen LogP contribution in [-0.2, 0) is 14.8 Å². The van der Waals surface area contributed by atoms with Crippen LogP contribution in [0.5, 0.6) is 0 Å². The third-order valence-corrected chi connectivity index (χ3v) is 7.09. The molecule has 8 heteroatoms. The van der Waals surface area contributed by atoms with Crippen LogP contribution >= 0.6 is 11.6 Å². The lowest BCUT2D eigenvalue weighted by Gasteiger charge is -2.42. The number of halogens is 1. The van der Waals surface area contributed by atoms with Gasteiger partial charge in [0.15, 0.2) is 0 Å². The standard InChI is InChI=1S/C16H20ClNO5S/c17-12-3-5-13(6-4-12)24(22,23)18-8-7-14(19)16(10-18,15(20)21)9-11-1-2-11/h3-6,11,14,19H,1-2,7-10H2,(H,20,21)/t14-,16+/m1/s1. The molecule has 2 aliphatic rings. The molecule has 3 rings (SSSR count). The molecule has 1 saturated heterocycles. The number of carbonyl (C=O) groups is 1. The van der Waals surface area contributed by atoms with Crippen molar-refractivity contribution in [2.45, 2.75) is 36.7 Å². The van der Waals surface area contributed by atoms with E-state index >= 15 is 0 Å². The number of carboxylic acids is 1. The number of piperidine rings is 1. The van der Waals surface area contributed by atoms with Crippen molar-refractivity contribution < 1.29 is 23.4 Å². The van der Waals surface area contributed by atoms with E-state index in [1.54, 1.807) is 0 Å². The van der Waals surface area contributed by atoms with Gasteiger partial charge >= 0.3 is 5.97 Å². The lowest BCUT2D eigenvalue weighted by Crippen LogP contribution is -2.57. The van der Waals surface area contributed by atoms with E-state index in [0.29, 0.717) is 11.4 Å². The van der Waals surface area contributed by atoms with Crippen molar-refractivity contribution in [1.82, 2.24) is 4.31 Å². The molecule has 132 valence electrons. The Morgan fingerprint density at radius 2 is 1.88 bits per heavy atom. The Kier molecular flexibility index (Phi) is 4.63. The molecule has 1 heterocycles. The van der Waals surface area contributed by atoms with Gasteiger partial charge in [-0.2, -0.15) is 4.31 Å². The first kappa shape index (κ1) is 17.7. The van der Waals surface area contributed by atoms with Crippen LogP contribution in [0.15, 0.2) is 29.2 Å². The van der Waals surface area contributed by atoms with Gasteiger partial charge in [-0.15, -0.1) is 0 Å². The van der Waals surface area contributed by atoms with Crippen LogP contribution in [0.4, 0.5) is 0 Å². The topological polar surface area (TPSA) is 94.9 Å². The fourth-order valence-electron chi connectivity index (χ4n) is 3.34. The van der Waals surface area contributed by atoms with Gasteiger partial charge in [-0.05, 0) is 43.0 Å². The van der Waals surface area contributed by atoms with Crippen molar-refractivity contribution >= 4 is 27.6 Å². The molecule has 2 fully saturated rings. The van der Waals surface area contributed by atoms with E-state index in [4.69, 9.17) is 11.6 Å². The summed E-state index contributed by atoms with van der Waals surface area (Å²) in [6.07, 6.45) is 1.27. The number of carboxylic acid groups (broad SMARTS) is 1. The van der Waals surface area contributed by atoms with Gasteiger partial charge in [0.1, 0.15) is 5.41 Å². The highest BCUT2D eigenvalue weighted by atomic mass is 35.5. The van der Waals surface area contributed by atoms with E-state index < -0.39 is 27.5 Å². The summed E-state index contributed by atoms with van der Waals surface area (Å²) >= 11 is 5.80. The minimum Gasteiger partial charge on any atom is -0.481 e. The van der Waals surface area contributed by atoms with Crippen LogP contribution in [0.25, 0.3) is 0 Å². The quantitative estimate of drug-likeness (QED) is 0.822. The maximum atomic E-state index is 12.8. The molecule has 0 amide bonds. The summed E-state index contributed by atoms with van der Waals surface area (Å²) in [5, 5.41) is 20.5. The molecule has 0 bridgehead atoms. The maximum absolute atomic E-state index is 12.8. The first-order valence-corrected chi connectivity index (χ1v) is 9.75. The number of rotatable bonds is 5. The number of aliphatic carboxylic acids is 1. The predicted octanol–water partition coefficient (Wildman–Crippen LogP) is 1.97. The van der Waals surface area contributed by atoms with E-state index in [-0.39, 0.29) is 30.3 Å². The summed E-state index contributed by atoms with van der Waals surface area (Å²) in [5.74, 6) is -0.869. The molecule has 1 aliphatic carbocycles. The number of aliphatic hydroxyl groups is 1. The van der Waals surface area contributed by atoms with Crippen molar-refractivity contribution in [2.24, 2.45) is 11.3 Å². The van der Waals surface area contributed by atoms with Gasteiger partial charge in [0.25, 0.3) is 0 Å². The SMILES string of the molecule is O=C(O)[C@@]1(CC2CC2)CN(S(=O)(=O)c2ccc(Cl)cc2)CC[C@H]1O. The second-order valence-electron chi connectivity index (χ2n) is 6.71. The van der Waals surface area contributed by atoms with Gasteiger partial charge in [-0.3, -0.25) is 4.79 Å². The number of benzene rings is 1. The average molecular weight is 374 g/mol. The van der Waals surface area contributed by atoms with E-state index in [0.717, 1.165) is 12.8 Å². The van der Waals surface area contributed by atoms with Crippen molar-refractivity contribution in [3.05, 3.63) is 29.3 Å². The summed E-state index contributed by atoms with van der Waals surface area (Å²) < 4.78 is 26.8. The van der Waals surface area contributed by atoms with Crippen LogP contribution < -0.4 is 0 Å². The van der Waals surface area contributed by atoms with E-state index in [1.165, 1.54) is 28.6 Å². The highest BCUT2D eigenvalue weighted by Gasteiger charge is 2.53. The first-order valence-electron chi connectivity index (χ1n) is 7.93. The van der Waals surface area contributed by atoms with Crippen molar-refractivity contribution in [3.63, 3.8) is 0 Å². The summed E-state index contributed by atoms with van der Waals surface area (Å²) in [5.41, 5.74) is -1.43. The van der Waals surface area contributed by atoms with Crippen molar-refractivity contribution in [2.75, 3.05) is 13.1 Å². The lowest BCUT2D eigenvalue weighted by atomic mass is 9.74. The number of sulfonamides is 1. The summed E-state index contributed by atoms with van der Waals surface area (Å²) in [6.45, 7) is -0.100. The fourth-order valence-corrected chi connectivity index (χ4v) is 4.99. The zero-order valence-electron chi connectivity index (χ0n) is 13.1. The molecule has 0 aromatic heterocycles. The van der Waals surface area contributed by atoms with Crippen LogP contribution in [0.1, 0.15) is 25.7 Å². The number of aliphatic hydroxyl groups excluding tert-OH is 1. The van der Waals surface area contributed by atoms with Gasteiger partial charge in [0, 0.05) is 18.1 Å². The number of hydrogen-bond acceptors (Lipinski definition) is 4. The second kappa shape index (κ2) is 6.29. The van der Waals surface area contributed by atoms with Crippen molar-refractivity contribution in [1.29, 1.82) is 0 Å². The molecule has 6 nitrogen and oxygen atoms in total. The molecule has 0 radical (unpaired) electrons. The maximum Gasteiger partial charge on any atom is 0.313 e. The minimum absolute atomic E-state index is 0.0778. The molecule has 1 saturated carbocycles. The van der Waals surface area contributed by atoms with Gasteiger partial charge in [-0.1, -0.05) is 24.4 Å². The zero-order chi connectivity index (χ0) is 17.5. The monoisotopic (exact) mass is 373 g/mol. The summed E-state index contributed by atoms with van der Waals surface area (Å²) in [4.78, 5) is 12.0. The molecule has 24 heavy (non-hydrogen) atoms. The molecule has 2 N–H and O–H groups in total. The molecular formula is C16H20ClNO5S. The first-order chi connectivity index (χ1) is 11.3. The Labute approximate surface area is 146 Å². The molecular weight excluding hydrogens is 354 g/mol. The Morgan fingerprint density at radius 3 is 2.42 bits per heavy atom. The van der Waals surface area contributed by atoms with E-state index in [1.807, 2.05) is 0 Å². The number of hydrogen-bond donors (Lipinski definition) is 2. The molecule has 2 atom stereocenters. The second-order valence-corrected chi connectivity index (χ2v) is 9.08.